The lowest BCUT2D eigenvalue weighted by Gasteiger charge is -2.30. The van der Waals surface area contributed by atoms with Crippen molar-refractivity contribution in [1.82, 2.24) is 9.88 Å². The van der Waals surface area contributed by atoms with Crippen LogP contribution in [0, 0.1) is 0 Å². The smallest absolute Gasteiger partial charge is 0.335 e. The average Bonchev–Trinajstić information content (AvgIpc) is 2.55. The van der Waals surface area contributed by atoms with Crippen molar-refractivity contribution in [3.05, 3.63) is 28.2 Å². The number of hydrogen-bond acceptors (Lipinski definition) is 3. The lowest BCUT2D eigenvalue weighted by atomic mass is 9.94. The Morgan fingerprint density at radius 2 is 1.88 bits per heavy atom. The predicted octanol–water partition coefficient (Wildman–Crippen LogP) is 2.12. The first-order chi connectivity index (χ1) is 11.2. The van der Waals surface area contributed by atoms with Gasteiger partial charge in [0.25, 0.3) is 5.56 Å². The minimum atomic E-state index is -4.67. The van der Waals surface area contributed by atoms with Crippen molar-refractivity contribution in [2.75, 3.05) is 12.4 Å². The van der Waals surface area contributed by atoms with E-state index in [2.05, 4.69) is 0 Å². The quantitative estimate of drug-likeness (QED) is 0.806. The van der Waals surface area contributed by atoms with Gasteiger partial charge >= 0.3 is 18.0 Å². The Kier molecular flexibility index (Phi) is 5.30. The number of amides is 2. The third-order valence-electron chi connectivity index (χ3n) is 4.12. The van der Waals surface area contributed by atoms with Gasteiger partial charge in [0.05, 0.1) is 5.56 Å². The largest absolute Gasteiger partial charge is 0.417 e. The second-order valence-electron chi connectivity index (χ2n) is 5.79. The van der Waals surface area contributed by atoms with Gasteiger partial charge in [-0.2, -0.15) is 13.2 Å². The lowest BCUT2D eigenvalue weighted by molar-refractivity contribution is -0.144. The van der Waals surface area contributed by atoms with Crippen LogP contribution >= 0.6 is 0 Å². The molecule has 0 saturated heterocycles. The number of halogens is 3. The van der Waals surface area contributed by atoms with Gasteiger partial charge in [-0.05, 0) is 18.9 Å². The Balaban J connectivity index is 2.11. The molecule has 1 heterocycles. The van der Waals surface area contributed by atoms with Crippen LogP contribution in [0.5, 0.6) is 0 Å². The maximum atomic E-state index is 12.7. The number of alkyl halides is 3. The van der Waals surface area contributed by atoms with Crippen LogP contribution < -0.4 is 10.9 Å². The summed E-state index contributed by atoms with van der Waals surface area (Å²) in [6, 6.07) is 0.432. The molecule has 9 heteroatoms. The fraction of sp³-hybridized carbons (Fsp3) is 0.533. The number of aromatic amines is 1. The molecule has 0 bridgehead atoms. The van der Waals surface area contributed by atoms with E-state index in [4.69, 9.17) is 0 Å². The lowest BCUT2D eigenvalue weighted by Crippen LogP contribution is -2.44. The van der Waals surface area contributed by atoms with E-state index >= 15 is 0 Å². The van der Waals surface area contributed by atoms with Crippen molar-refractivity contribution >= 4 is 17.5 Å². The second-order valence-corrected chi connectivity index (χ2v) is 5.79. The first kappa shape index (κ1) is 18.0. The van der Waals surface area contributed by atoms with Gasteiger partial charge in [0.1, 0.15) is 5.69 Å². The zero-order chi connectivity index (χ0) is 17.9. The standard InChI is InChI=1S/C15H18F3N3O3/c1-21(10-5-3-2-4-6-10)14(24)13(23)20-11-7-9(15(16,17)18)8-19-12(11)22/h7-8,10H,2-6H2,1H3,(H,19,22)(H,20,23). The highest BCUT2D eigenvalue weighted by Crippen LogP contribution is 2.29. The van der Waals surface area contributed by atoms with Gasteiger partial charge in [-0.3, -0.25) is 14.4 Å². The topological polar surface area (TPSA) is 82.3 Å². The fourth-order valence-electron chi connectivity index (χ4n) is 2.71. The third kappa shape index (κ3) is 4.15. The molecule has 132 valence electrons. The first-order valence-corrected chi connectivity index (χ1v) is 7.58. The van der Waals surface area contributed by atoms with Crippen LogP contribution in [-0.4, -0.2) is 34.8 Å². The molecule has 24 heavy (non-hydrogen) atoms. The highest BCUT2D eigenvalue weighted by Gasteiger charge is 2.32. The molecule has 0 atom stereocenters. The zero-order valence-electron chi connectivity index (χ0n) is 13.1. The number of carbonyl (C=O) groups is 2. The summed E-state index contributed by atoms with van der Waals surface area (Å²) < 4.78 is 38.0. The van der Waals surface area contributed by atoms with Crippen molar-refractivity contribution in [1.29, 1.82) is 0 Å². The molecule has 0 spiro atoms. The molecular weight excluding hydrogens is 327 g/mol. The first-order valence-electron chi connectivity index (χ1n) is 7.58. The molecule has 0 aliphatic heterocycles. The minimum absolute atomic E-state index is 0.0724. The summed E-state index contributed by atoms with van der Waals surface area (Å²) in [5.41, 5.74) is -2.64. The van der Waals surface area contributed by atoms with Gasteiger partial charge in [-0.25, -0.2) is 0 Å². The van der Waals surface area contributed by atoms with Gasteiger partial charge in [0.15, 0.2) is 0 Å². The normalized spacial score (nSPS) is 15.8. The number of nitrogens with zero attached hydrogens (tertiary/aromatic N) is 1. The molecule has 2 amide bonds. The monoisotopic (exact) mass is 345 g/mol. The Morgan fingerprint density at radius 3 is 2.46 bits per heavy atom. The Morgan fingerprint density at radius 1 is 1.25 bits per heavy atom. The number of anilines is 1. The molecule has 6 nitrogen and oxygen atoms in total. The Bertz CT molecular complexity index is 679. The van der Waals surface area contributed by atoms with Crippen molar-refractivity contribution in [2.45, 2.75) is 44.3 Å². The van der Waals surface area contributed by atoms with Crippen molar-refractivity contribution < 1.29 is 22.8 Å². The van der Waals surface area contributed by atoms with Crippen LogP contribution in [0.2, 0.25) is 0 Å². The zero-order valence-corrected chi connectivity index (χ0v) is 13.1. The summed E-state index contributed by atoms with van der Waals surface area (Å²) in [6.45, 7) is 0. The maximum Gasteiger partial charge on any atom is 0.417 e. The van der Waals surface area contributed by atoms with Crippen LogP contribution in [0.4, 0.5) is 18.9 Å². The molecular formula is C15H18F3N3O3. The van der Waals surface area contributed by atoms with Gasteiger partial charge in [0.2, 0.25) is 0 Å². The minimum Gasteiger partial charge on any atom is -0.335 e. The third-order valence-corrected chi connectivity index (χ3v) is 4.12. The molecule has 1 aliphatic rings. The number of carbonyl (C=O) groups excluding carboxylic acids is 2. The van der Waals surface area contributed by atoms with E-state index < -0.39 is 34.8 Å². The van der Waals surface area contributed by atoms with Crippen LogP contribution in [0.25, 0.3) is 0 Å². The van der Waals surface area contributed by atoms with Gasteiger partial charge in [-0.1, -0.05) is 19.3 Å². The molecule has 1 aromatic rings. The van der Waals surface area contributed by atoms with E-state index in [1.165, 1.54) is 11.9 Å². The van der Waals surface area contributed by atoms with Gasteiger partial charge in [-0.15, -0.1) is 0 Å². The predicted molar refractivity (Wildman–Crippen MR) is 80.3 cm³/mol. The molecule has 1 aliphatic carbocycles. The molecule has 1 aromatic heterocycles. The summed E-state index contributed by atoms with van der Waals surface area (Å²) in [5, 5.41) is 1.97. The van der Waals surface area contributed by atoms with Crippen LogP contribution in [0.1, 0.15) is 37.7 Å². The van der Waals surface area contributed by atoms with Crippen molar-refractivity contribution in [2.24, 2.45) is 0 Å². The molecule has 2 N–H and O–H groups in total. The maximum absolute atomic E-state index is 12.7. The molecule has 1 saturated carbocycles. The number of nitrogens with one attached hydrogen (secondary N) is 2. The summed E-state index contributed by atoms with van der Waals surface area (Å²) in [5.74, 6) is -2.01. The second kappa shape index (κ2) is 7.06. The molecule has 2 rings (SSSR count). The molecule has 0 aromatic carbocycles. The molecule has 0 radical (unpaired) electrons. The van der Waals surface area contributed by atoms with E-state index in [1.807, 2.05) is 10.3 Å². The number of likely N-dealkylation sites (N-methyl/N-ethyl adjacent to an activating group) is 1. The Labute approximate surface area is 136 Å². The van der Waals surface area contributed by atoms with E-state index in [0.717, 1.165) is 32.1 Å². The summed E-state index contributed by atoms with van der Waals surface area (Å²) in [4.78, 5) is 38.8. The number of H-pyrrole nitrogens is 1. The summed E-state index contributed by atoms with van der Waals surface area (Å²) in [7, 11) is 1.48. The molecule has 1 fully saturated rings. The van der Waals surface area contributed by atoms with E-state index in [9.17, 15) is 27.6 Å². The fourth-order valence-corrected chi connectivity index (χ4v) is 2.71. The van der Waals surface area contributed by atoms with Crippen molar-refractivity contribution in [3.8, 4) is 0 Å². The van der Waals surface area contributed by atoms with Gasteiger partial charge < -0.3 is 15.2 Å². The number of pyridine rings is 1. The van der Waals surface area contributed by atoms with Crippen LogP contribution in [0.3, 0.4) is 0 Å². The summed E-state index contributed by atoms with van der Waals surface area (Å²) >= 11 is 0. The number of hydrogen-bond donors (Lipinski definition) is 2. The molecule has 0 unspecified atom stereocenters. The van der Waals surface area contributed by atoms with E-state index in [1.54, 1.807) is 0 Å². The number of aromatic nitrogens is 1. The Hall–Kier alpha value is -2.32. The van der Waals surface area contributed by atoms with Crippen LogP contribution in [-0.2, 0) is 15.8 Å². The highest BCUT2D eigenvalue weighted by molar-refractivity contribution is 6.39. The van der Waals surface area contributed by atoms with Crippen LogP contribution in [0.15, 0.2) is 17.1 Å². The SMILES string of the molecule is CN(C(=O)C(=O)Nc1cc(C(F)(F)F)c[nH]c1=O)C1CCCCC1. The van der Waals surface area contributed by atoms with Crippen molar-refractivity contribution in [3.63, 3.8) is 0 Å². The summed E-state index contributed by atoms with van der Waals surface area (Å²) in [6.07, 6.45) is 0.374. The van der Waals surface area contributed by atoms with Gasteiger partial charge in [0, 0.05) is 19.3 Å². The average molecular weight is 345 g/mol. The van der Waals surface area contributed by atoms with E-state index in [-0.39, 0.29) is 6.04 Å². The highest BCUT2D eigenvalue weighted by atomic mass is 19.4. The number of rotatable bonds is 2. The van der Waals surface area contributed by atoms with E-state index in [0.29, 0.717) is 12.3 Å².